The van der Waals surface area contributed by atoms with Gasteiger partial charge in [-0.3, -0.25) is 13.9 Å². The second-order valence-electron chi connectivity index (χ2n) is 8.45. The Morgan fingerprint density at radius 3 is 2.55 bits per heavy atom. The van der Waals surface area contributed by atoms with Crippen LogP contribution in [0.3, 0.4) is 0 Å². The molecule has 0 bridgehead atoms. The Hall–Kier alpha value is -3.62. The molecule has 1 aliphatic rings. The van der Waals surface area contributed by atoms with Gasteiger partial charge < -0.3 is 4.90 Å². The van der Waals surface area contributed by atoms with Crippen molar-refractivity contribution in [3.63, 3.8) is 0 Å². The summed E-state index contributed by atoms with van der Waals surface area (Å²) in [6, 6.07) is 5.40. The van der Waals surface area contributed by atoms with Crippen LogP contribution in [0.15, 0.2) is 30.5 Å². The number of nitrogens with zero attached hydrogens (tertiary/aromatic N) is 5. The minimum Gasteiger partial charge on any atom is -0.329 e. The van der Waals surface area contributed by atoms with E-state index in [9.17, 15) is 18.0 Å². The van der Waals surface area contributed by atoms with Gasteiger partial charge in [0.2, 0.25) is 0 Å². The molecule has 0 fully saturated rings. The third kappa shape index (κ3) is 3.13. The minimum absolute atomic E-state index is 0.158. The monoisotopic (exact) mass is 453 g/mol. The van der Waals surface area contributed by atoms with Gasteiger partial charge in [0.1, 0.15) is 11.3 Å². The Kier molecular flexibility index (Phi) is 4.81. The normalized spacial score (nSPS) is 15.8. The first-order valence-corrected chi connectivity index (χ1v) is 10.6. The van der Waals surface area contributed by atoms with E-state index in [1.165, 1.54) is 4.68 Å². The van der Waals surface area contributed by atoms with E-state index in [0.717, 1.165) is 28.9 Å². The first-order valence-electron chi connectivity index (χ1n) is 10.6. The standard InChI is InChI=1S/C24H22F3N5O/c1-12-6-5-8-32-21(13(2)28-23(12)32)24(33)31-9-7-16-20(14(31)3)29-30(4)22(16)15-10-17(25)19(27)18(26)11-15/h5-6,8,10-11,14H,7,9H2,1-4H3/t14-/m0/s1. The molecule has 0 aliphatic carbocycles. The lowest BCUT2D eigenvalue weighted by atomic mass is 9.95. The van der Waals surface area contributed by atoms with Crippen molar-refractivity contribution in [1.82, 2.24) is 24.1 Å². The van der Waals surface area contributed by atoms with E-state index in [-0.39, 0.29) is 17.5 Å². The van der Waals surface area contributed by atoms with E-state index in [1.54, 1.807) is 11.9 Å². The number of imidazole rings is 1. The van der Waals surface area contributed by atoms with E-state index < -0.39 is 17.5 Å². The maximum absolute atomic E-state index is 13.9. The number of fused-ring (bicyclic) bond motifs is 2. The van der Waals surface area contributed by atoms with Crippen LogP contribution in [0.1, 0.15) is 46.0 Å². The lowest BCUT2D eigenvalue weighted by molar-refractivity contribution is 0.0665. The number of carbonyl (C=O) groups excluding carboxylic acids is 1. The zero-order valence-corrected chi connectivity index (χ0v) is 18.7. The fourth-order valence-corrected chi connectivity index (χ4v) is 4.79. The summed E-state index contributed by atoms with van der Waals surface area (Å²) in [5, 5.41) is 4.56. The number of amides is 1. The van der Waals surface area contributed by atoms with E-state index in [0.29, 0.717) is 35.7 Å². The summed E-state index contributed by atoms with van der Waals surface area (Å²) in [6.45, 7) is 6.04. The molecule has 0 saturated carbocycles. The number of hydrogen-bond acceptors (Lipinski definition) is 3. The number of halogens is 3. The maximum atomic E-state index is 13.9. The van der Waals surface area contributed by atoms with E-state index in [1.807, 2.05) is 43.5 Å². The van der Waals surface area contributed by atoms with Crippen molar-refractivity contribution in [3.05, 3.63) is 76.1 Å². The number of benzene rings is 1. The summed E-state index contributed by atoms with van der Waals surface area (Å²) in [6.07, 6.45) is 2.27. The number of aromatic nitrogens is 4. The Bertz CT molecular complexity index is 1410. The van der Waals surface area contributed by atoms with Gasteiger partial charge in [-0.25, -0.2) is 18.2 Å². The average Bonchev–Trinajstić information content (AvgIpc) is 3.29. The Labute approximate surface area is 188 Å². The fraction of sp³-hybridized carbons (Fsp3) is 0.292. The summed E-state index contributed by atoms with van der Waals surface area (Å²) in [7, 11) is 1.67. The first-order chi connectivity index (χ1) is 15.7. The van der Waals surface area contributed by atoms with Crippen molar-refractivity contribution >= 4 is 11.6 Å². The minimum atomic E-state index is -1.50. The van der Waals surface area contributed by atoms with Crippen molar-refractivity contribution in [2.45, 2.75) is 33.2 Å². The molecular weight excluding hydrogens is 431 g/mol. The smallest absolute Gasteiger partial charge is 0.273 e. The van der Waals surface area contributed by atoms with Crippen LogP contribution in [0.25, 0.3) is 16.9 Å². The number of carbonyl (C=O) groups is 1. The SMILES string of the molecule is Cc1nc2c(C)cccn2c1C(=O)N1CCc2c(nn(C)c2-c2cc(F)c(F)c(F)c2)[C@@H]1C. The summed E-state index contributed by atoms with van der Waals surface area (Å²) >= 11 is 0. The molecule has 0 saturated heterocycles. The van der Waals surface area contributed by atoms with Crippen LogP contribution in [-0.4, -0.2) is 36.5 Å². The van der Waals surface area contributed by atoms with Gasteiger partial charge in [0.05, 0.1) is 23.1 Å². The molecule has 3 aromatic heterocycles. The van der Waals surface area contributed by atoms with E-state index in [4.69, 9.17) is 0 Å². The van der Waals surface area contributed by atoms with Gasteiger partial charge in [-0.15, -0.1) is 0 Å². The van der Waals surface area contributed by atoms with Crippen LogP contribution in [-0.2, 0) is 13.5 Å². The number of aryl methyl sites for hydroxylation is 3. The Balaban J connectivity index is 1.55. The van der Waals surface area contributed by atoms with Gasteiger partial charge in [0.25, 0.3) is 5.91 Å². The highest BCUT2D eigenvalue weighted by Crippen LogP contribution is 2.37. The molecule has 4 aromatic rings. The van der Waals surface area contributed by atoms with E-state index in [2.05, 4.69) is 10.1 Å². The largest absolute Gasteiger partial charge is 0.329 e. The molecule has 170 valence electrons. The molecule has 0 N–H and O–H groups in total. The van der Waals surface area contributed by atoms with Crippen LogP contribution < -0.4 is 0 Å². The third-order valence-electron chi connectivity index (χ3n) is 6.38. The zero-order chi connectivity index (χ0) is 23.6. The first kappa shape index (κ1) is 21.2. The van der Waals surface area contributed by atoms with Gasteiger partial charge in [-0.1, -0.05) is 6.07 Å². The Morgan fingerprint density at radius 2 is 1.85 bits per heavy atom. The molecule has 1 atom stereocenters. The molecule has 0 radical (unpaired) electrons. The van der Waals surface area contributed by atoms with Gasteiger partial charge in [0.15, 0.2) is 17.5 Å². The van der Waals surface area contributed by atoms with Crippen LogP contribution in [0.4, 0.5) is 13.2 Å². The van der Waals surface area contributed by atoms with Crippen molar-refractivity contribution in [3.8, 4) is 11.3 Å². The Morgan fingerprint density at radius 1 is 1.15 bits per heavy atom. The van der Waals surface area contributed by atoms with Crippen LogP contribution in [0.2, 0.25) is 0 Å². The zero-order valence-electron chi connectivity index (χ0n) is 18.7. The molecule has 1 aliphatic heterocycles. The molecule has 1 aromatic carbocycles. The highest BCUT2D eigenvalue weighted by Gasteiger charge is 2.35. The third-order valence-corrected chi connectivity index (χ3v) is 6.38. The second-order valence-corrected chi connectivity index (χ2v) is 8.45. The lowest BCUT2D eigenvalue weighted by Gasteiger charge is -2.33. The van der Waals surface area contributed by atoms with Crippen LogP contribution >= 0.6 is 0 Å². The van der Waals surface area contributed by atoms with Gasteiger partial charge in [-0.05, 0) is 51.0 Å². The quantitative estimate of drug-likeness (QED) is 0.419. The highest BCUT2D eigenvalue weighted by atomic mass is 19.2. The second kappa shape index (κ2) is 7.47. The summed E-state index contributed by atoms with van der Waals surface area (Å²) in [5.41, 5.74) is 5.04. The molecule has 5 rings (SSSR count). The van der Waals surface area contributed by atoms with Gasteiger partial charge in [-0.2, -0.15) is 5.10 Å². The topological polar surface area (TPSA) is 55.4 Å². The predicted octanol–water partition coefficient (Wildman–Crippen LogP) is 4.53. The van der Waals surface area contributed by atoms with Crippen molar-refractivity contribution in [2.75, 3.05) is 6.54 Å². The van der Waals surface area contributed by atoms with Crippen LogP contribution in [0, 0.1) is 31.3 Å². The van der Waals surface area contributed by atoms with Crippen LogP contribution in [0.5, 0.6) is 0 Å². The molecule has 1 amide bonds. The predicted molar refractivity (Wildman–Crippen MR) is 116 cm³/mol. The lowest BCUT2D eigenvalue weighted by Crippen LogP contribution is -2.39. The summed E-state index contributed by atoms with van der Waals surface area (Å²) < 4.78 is 44.6. The van der Waals surface area contributed by atoms with Gasteiger partial charge >= 0.3 is 0 Å². The summed E-state index contributed by atoms with van der Waals surface area (Å²) in [5.74, 6) is -4.16. The highest BCUT2D eigenvalue weighted by molar-refractivity contribution is 5.95. The average molecular weight is 453 g/mol. The molecule has 9 heteroatoms. The van der Waals surface area contributed by atoms with Crippen molar-refractivity contribution in [1.29, 1.82) is 0 Å². The molecule has 33 heavy (non-hydrogen) atoms. The number of pyridine rings is 1. The maximum Gasteiger partial charge on any atom is 0.273 e. The molecular formula is C24H22F3N5O. The molecule has 0 spiro atoms. The van der Waals surface area contributed by atoms with Crippen molar-refractivity contribution < 1.29 is 18.0 Å². The molecule has 4 heterocycles. The molecule has 0 unspecified atom stereocenters. The van der Waals surface area contributed by atoms with Gasteiger partial charge in [0, 0.05) is 30.9 Å². The summed E-state index contributed by atoms with van der Waals surface area (Å²) in [4.78, 5) is 19.9. The number of hydrogen-bond donors (Lipinski definition) is 0. The van der Waals surface area contributed by atoms with Crippen molar-refractivity contribution in [2.24, 2.45) is 7.05 Å². The molecule has 6 nitrogen and oxygen atoms in total. The van der Waals surface area contributed by atoms with E-state index >= 15 is 0 Å². The number of rotatable bonds is 2. The fourth-order valence-electron chi connectivity index (χ4n) is 4.79.